The molecule has 3 rings (SSSR count). The highest BCUT2D eigenvalue weighted by atomic mass is 32.2. The second kappa shape index (κ2) is 6.53. The fraction of sp³-hybridized carbons (Fsp3) is 0.533. The van der Waals surface area contributed by atoms with E-state index in [0.717, 1.165) is 31.6 Å². The summed E-state index contributed by atoms with van der Waals surface area (Å²) < 4.78 is 40.1. The lowest BCUT2D eigenvalue weighted by atomic mass is 10.2. The van der Waals surface area contributed by atoms with Crippen molar-refractivity contribution in [3.63, 3.8) is 0 Å². The summed E-state index contributed by atoms with van der Waals surface area (Å²) in [7, 11) is -3.69. The zero-order valence-corrected chi connectivity index (χ0v) is 13.5. The lowest BCUT2D eigenvalue weighted by molar-refractivity contribution is 0.145. The van der Waals surface area contributed by atoms with Gasteiger partial charge in [-0.15, -0.1) is 0 Å². The average molecular weight is 338 g/mol. The molecule has 0 saturated carbocycles. The van der Waals surface area contributed by atoms with Gasteiger partial charge in [0.1, 0.15) is 11.9 Å². The standard InChI is InChI=1S/C15H19FN4O2S/c16-15-2-1-14(9-12(15)10-17)23(21,22)20-7-5-19(6-8-20)13-3-4-18-11-13/h1-2,9,13,18H,3-8,11H2. The van der Waals surface area contributed by atoms with E-state index in [9.17, 15) is 12.8 Å². The molecule has 2 fully saturated rings. The summed E-state index contributed by atoms with van der Waals surface area (Å²) in [4.78, 5) is 2.30. The SMILES string of the molecule is N#Cc1cc(S(=O)(=O)N2CCN(C3CCNC3)CC2)ccc1F. The van der Waals surface area contributed by atoms with Crippen molar-refractivity contribution >= 4 is 10.0 Å². The van der Waals surface area contributed by atoms with Gasteiger partial charge < -0.3 is 5.32 Å². The van der Waals surface area contributed by atoms with Crippen LogP contribution in [0.15, 0.2) is 23.1 Å². The summed E-state index contributed by atoms with van der Waals surface area (Å²) >= 11 is 0. The van der Waals surface area contributed by atoms with Crippen LogP contribution in [0.2, 0.25) is 0 Å². The van der Waals surface area contributed by atoms with Crippen LogP contribution in [-0.4, -0.2) is 62.9 Å². The maximum absolute atomic E-state index is 13.4. The van der Waals surface area contributed by atoms with Gasteiger partial charge in [-0.2, -0.15) is 9.57 Å². The average Bonchev–Trinajstić information content (AvgIpc) is 3.09. The van der Waals surface area contributed by atoms with Gasteiger partial charge in [0, 0.05) is 38.8 Å². The molecule has 0 radical (unpaired) electrons. The van der Waals surface area contributed by atoms with Crippen molar-refractivity contribution in [1.82, 2.24) is 14.5 Å². The zero-order valence-electron chi connectivity index (χ0n) is 12.7. The molecule has 0 bridgehead atoms. The van der Waals surface area contributed by atoms with E-state index in [4.69, 9.17) is 5.26 Å². The van der Waals surface area contributed by atoms with E-state index in [0.29, 0.717) is 32.2 Å². The van der Waals surface area contributed by atoms with Crippen LogP contribution < -0.4 is 5.32 Å². The Bertz CT molecular complexity index is 717. The third-order valence-electron chi connectivity index (χ3n) is 4.52. The quantitative estimate of drug-likeness (QED) is 0.861. The highest BCUT2D eigenvalue weighted by Crippen LogP contribution is 2.21. The molecule has 1 N–H and O–H groups in total. The normalized spacial score (nSPS) is 23.7. The molecule has 8 heteroatoms. The number of rotatable bonds is 3. The Labute approximate surface area is 135 Å². The minimum atomic E-state index is -3.69. The van der Waals surface area contributed by atoms with Crippen molar-refractivity contribution in [2.24, 2.45) is 0 Å². The molecule has 124 valence electrons. The minimum Gasteiger partial charge on any atom is -0.315 e. The molecule has 2 saturated heterocycles. The number of sulfonamides is 1. The predicted octanol–water partition coefficient (Wildman–Crippen LogP) is 0.366. The molecule has 1 atom stereocenters. The zero-order chi connectivity index (χ0) is 16.4. The largest absolute Gasteiger partial charge is 0.315 e. The summed E-state index contributed by atoms with van der Waals surface area (Å²) in [5, 5.41) is 12.2. The Balaban J connectivity index is 1.73. The molecule has 2 aliphatic rings. The first kappa shape index (κ1) is 16.3. The first-order valence-electron chi connectivity index (χ1n) is 7.67. The third-order valence-corrected chi connectivity index (χ3v) is 6.41. The molecule has 1 unspecified atom stereocenters. The lowest BCUT2D eigenvalue weighted by Gasteiger charge is -2.37. The van der Waals surface area contributed by atoms with E-state index >= 15 is 0 Å². The van der Waals surface area contributed by atoms with Crippen LogP contribution in [0.4, 0.5) is 4.39 Å². The van der Waals surface area contributed by atoms with Gasteiger partial charge in [-0.25, -0.2) is 12.8 Å². The molecular formula is C15H19FN4O2S. The second-order valence-corrected chi connectivity index (χ2v) is 7.78. The van der Waals surface area contributed by atoms with Crippen molar-refractivity contribution in [1.29, 1.82) is 5.26 Å². The van der Waals surface area contributed by atoms with Crippen LogP contribution in [0.5, 0.6) is 0 Å². The summed E-state index contributed by atoms with van der Waals surface area (Å²) in [6.45, 7) is 4.18. The summed E-state index contributed by atoms with van der Waals surface area (Å²) in [5.41, 5.74) is -0.248. The van der Waals surface area contributed by atoms with Crippen molar-refractivity contribution < 1.29 is 12.8 Å². The van der Waals surface area contributed by atoms with Gasteiger partial charge >= 0.3 is 0 Å². The minimum absolute atomic E-state index is 0.0218. The van der Waals surface area contributed by atoms with E-state index in [1.165, 1.54) is 10.4 Å². The first-order chi connectivity index (χ1) is 11.0. The van der Waals surface area contributed by atoms with Crippen molar-refractivity contribution in [3.8, 4) is 6.07 Å². The maximum atomic E-state index is 13.4. The Kier molecular flexibility index (Phi) is 4.64. The first-order valence-corrected chi connectivity index (χ1v) is 9.11. The predicted molar refractivity (Wildman–Crippen MR) is 82.7 cm³/mol. The number of piperazine rings is 1. The monoisotopic (exact) mass is 338 g/mol. The number of nitrogens with zero attached hydrogens (tertiary/aromatic N) is 3. The van der Waals surface area contributed by atoms with E-state index in [1.807, 2.05) is 0 Å². The highest BCUT2D eigenvalue weighted by molar-refractivity contribution is 7.89. The van der Waals surface area contributed by atoms with Crippen LogP contribution in [0.25, 0.3) is 0 Å². The summed E-state index contributed by atoms with van der Waals surface area (Å²) in [5.74, 6) is -0.704. The number of hydrogen-bond acceptors (Lipinski definition) is 5. The number of halogens is 1. The van der Waals surface area contributed by atoms with E-state index < -0.39 is 15.8 Å². The van der Waals surface area contributed by atoms with Crippen LogP contribution in [-0.2, 0) is 10.0 Å². The van der Waals surface area contributed by atoms with Crippen LogP contribution in [0.3, 0.4) is 0 Å². The molecule has 23 heavy (non-hydrogen) atoms. The lowest BCUT2D eigenvalue weighted by Crippen LogP contribution is -2.52. The molecule has 2 heterocycles. The molecule has 1 aromatic carbocycles. The molecule has 0 aromatic heterocycles. The fourth-order valence-corrected chi connectivity index (χ4v) is 4.61. The van der Waals surface area contributed by atoms with Gasteiger partial charge in [-0.05, 0) is 31.2 Å². The van der Waals surface area contributed by atoms with Gasteiger partial charge in [0.2, 0.25) is 10.0 Å². The molecule has 0 aliphatic carbocycles. The molecule has 1 aromatic rings. The van der Waals surface area contributed by atoms with E-state index in [1.54, 1.807) is 6.07 Å². The van der Waals surface area contributed by atoms with Gasteiger partial charge in [0.15, 0.2) is 0 Å². The summed E-state index contributed by atoms with van der Waals surface area (Å²) in [6, 6.07) is 5.53. The highest BCUT2D eigenvalue weighted by Gasteiger charge is 2.32. The van der Waals surface area contributed by atoms with Crippen molar-refractivity contribution in [3.05, 3.63) is 29.6 Å². The Morgan fingerprint density at radius 2 is 2.00 bits per heavy atom. The molecule has 2 aliphatic heterocycles. The second-order valence-electron chi connectivity index (χ2n) is 5.84. The van der Waals surface area contributed by atoms with E-state index in [2.05, 4.69) is 10.2 Å². The van der Waals surface area contributed by atoms with E-state index in [-0.39, 0.29) is 10.5 Å². The number of nitrogens with one attached hydrogen (secondary N) is 1. The Morgan fingerprint density at radius 1 is 1.26 bits per heavy atom. The third kappa shape index (κ3) is 3.23. The Morgan fingerprint density at radius 3 is 2.61 bits per heavy atom. The molecule has 0 spiro atoms. The fourth-order valence-electron chi connectivity index (χ4n) is 3.16. The van der Waals surface area contributed by atoms with Gasteiger partial charge in [0.25, 0.3) is 0 Å². The number of hydrogen-bond donors (Lipinski definition) is 1. The van der Waals surface area contributed by atoms with Gasteiger partial charge in [-0.1, -0.05) is 0 Å². The summed E-state index contributed by atoms with van der Waals surface area (Å²) in [6.07, 6.45) is 1.09. The van der Waals surface area contributed by atoms with Crippen molar-refractivity contribution in [2.75, 3.05) is 39.3 Å². The smallest absolute Gasteiger partial charge is 0.243 e. The van der Waals surface area contributed by atoms with Gasteiger partial charge in [0.05, 0.1) is 10.5 Å². The molecule has 6 nitrogen and oxygen atoms in total. The molecule has 0 amide bonds. The van der Waals surface area contributed by atoms with Crippen LogP contribution in [0.1, 0.15) is 12.0 Å². The topological polar surface area (TPSA) is 76.4 Å². The Hall–Kier alpha value is -1.53. The number of benzene rings is 1. The van der Waals surface area contributed by atoms with Crippen LogP contribution in [0, 0.1) is 17.1 Å². The van der Waals surface area contributed by atoms with Gasteiger partial charge in [-0.3, -0.25) is 4.90 Å². The van der Waals surface area contributed by atoms with Crippen molar-refractivity contribution in [2.45, 2.75) is 17.4 Å². The molecular weight excluding hydrogens is 319 g/mol. The number of nitriles is 1. The van der Waals surface area contributed by atoms with Crippen LogP contribution >= 0.6 is 0 Å². The maximum Gasteiger partial charge on any atom is 0.243 e.